The van der Waals surface area contributed by atoms with Gasteiger partial charge in [0.25, 0.3) is 0 Å². The number of phenolic OH excluding ortho intramolecular Hbond substituents is 1. The standard InChI is InChI=1S/C15H15NO.C13H18N2O2.C3H8/c1-11(17)14-9-8-13(10-15(14)16-2)12-6-4-3-5-7-12;16-10-11-9-12(3-4-13(11)17)14-5-8-15-6-1-2-7-15;1-3-2/h3-10,16H,1-2H3;3-4,9-10,14,17H,1-2,5-8H2;3H2,1-2H3. The summed E-state index contributed by atoms with van der Waals surface area (Å²) in [6, 6.07) is 21.0. The number of phenols is 1. The zero-order valence-electron chi connectivity index (χ0n) is 22.6. The minimum atomic E-state index is 0.0325. The molecule has 0 atom stereocenters. The van der Waals surface area contributed by atoms with Crippen LogP contribution in [0.4, 0.5) is 11.4 Å². The molecule has 198 valence electrons. The second kappa shape index (κ2) is 16.2. The molecular formula is C31H41N3O3. The summed E-state index contributed by atoms with van der Waals surface area (Å²) in [7, 11) is 1.83. The van der Waals surface area contributed by atoms with Gasteiger partial charge in [-0.15, -0.1) is 0 Å². The third-order valence-electron chi connectivity index (χ3n) is 5.89. The molecule has 1 aliphatic rings. The highest BCUT2D eigenvalue weighted by molar-refractivity contribution is 6.00. The summed E-state index contributed by atoms with van der Waals surface area (Å²) in [6.45, 7) is 10.1. The molecule has 3 N–H and O–H groups in total. The van der Waals surface area contributed by atoms with Crippen LogP contribution in [0.3, 0.4) is 0 Å². The van der Waals surface area contributed by atoms with Crippen molar-refractivity contribution in [3.8, 4) is 16.9 Å². The molecule has 1 heterocycles. The number of rotatable bonds is 8. The van der Waals surface area contributed by atoms with Crippen molar-refractivity contribution in [3.63, 3.8) is 0 Å². The molecule has 4 rings (SSSR count). The number of aromatic hydroxyl groups is 1. The first-order valence-corrected chi connectivity index (χ1v) is 13.1. The monoisotopic (exact) mass is 503 g/mol. The summed E-state index contributed by atoms with van der Waals surface area (Å²) in [4.78, 5) is 24.5. The number of likely N-dealkylation sites (tertiary alicyclic amines) is 1. The second-order valence-corrected chi connectivity index (χ2v) is 9.01. The number of hydrogen-bond acceptors (Lipinski definition) is 6. The van der Waals surface area contributed by atoms with Gasteiger partial charge in [0.05, 0.1) is 5.56 Å². The van der Waals surface area contributed by atoms with E-state index in [1.54, 1.807) is 25.1 Å². The largest absolute Gasteiger partial charge is 0.507 e. The fourth-order valence-electron chi connectivity index (χ4n) is 3.99. The van der Waals surface area contributed by atoms with Crippen LogP contribution in [0.2, 0.25) is 0 Å². The molecule has 0 aliphatic carbocycles. The van der Waals surface area contributed by atoms with Crippen molar-refractivity contribution in [3.05, 3.63) is 77.9 Å². The fraction of sp³-hybridized carbons (Fsp3) is 0.355. The van der Waals surface area contributed by atoms with Crippen molar-refractivity contribution >= 4 is 23.4 Å². The third-order valence-corrected chi connectivity index (χ3v) is 5.89. The molecule has 6 heteroatoms. The molecule has 0 radical (unpaired) electrons. The Balaban J connectivity index is 0.000000235. The molecule has 0 aromatic heterocycles. The van der Waals surface area contributed by atoms with Crippen molar-refractivity contribution in [1.82, 2.24) is 4.90 Å². The van der Waals surface area contributed by atoms with Crippen molar-refractivity contribution in [2.45, 2.75) is 40.0 Å². The minimum absolute atomic E-state index is 0.0325. The van der Waals surface area contributed by atoms with E-state index in [9.17, 15) is 14.7 Å². The SMILES string of the molecule is CCC.CNc1cc(-c2ccccc2)ccc1C(C)=O.O=Cc1cc(NCCN2CCCC2)ccc1O. The number of benzene rings is 3. The first-order valence-electron chi connectivity index (χ1n) is 13.1. The number of nitrogens with one attached hydrogen (secondary N) is 2. The Kier molecular flexibility index (Phi) is 12.9. The van der Waals surface area contributed by atoms with E-state index in [1.165, 1.54) is 32.4 Å². The van der Waals surface area contributed by atoms with Crippen molar-refractivity contribution < 1.29 is 14.7 Å². The van der Waals surface area contributed by atoms with Crippen LogP contribution in [0.1, 0.15) is 60.7 Å². The minimum Gasteiger partial charge on any atom is -0.507 e. The molecule has 0 bridgehead atoms. The van der Waals surface area contributed by atoms with Gasteiger partial charge in [0.15, 0.2) is 12.1 Å². The van der Waals surface area contributed by atoms with E-state index < -0.39 is 0 Å². The summed E-state index contributed by atoms with van der Waals surface area (Å²) in [5, 5.41) is 15.7. The number of ketones is 1. The van der Waals surface area contributed by atoms with Crippen LogP contribution in [0.15, 0.2) is 66.7 Å². The van der Waals surface area contributed by atoms with Crippen LogP contribution in [0.5, 0.6) is 5.75 Å². The normalized spacial score (nSPS) is 12.4. The van der Waals surface area contributed by atoms with E-state index in [2.05, 4.69) is 41.5 Å². The molecule has 0 saturated carbocycles. The Hall–Kier alpha value is -3.64. The smallest absolute Gasteiger partial charge is 0.161 e. The molecule has 1 aliphatic heterocycles. The molecule has 1 saturated heterocycles. The molecule has 1 fully saturated rings. The van der Waals surface area contributed by atoms with Gasteiger partial charge in [-0.25, -0.2) is 0 Å². The quantitative estimate of drug-likeness (QED) is 0.180. The van der Waals surface area contributed by atoms with Gasteiger partial charge in [-0.2, -0.15) is 0 Å². The molecule has 3 aromatic rings. The predicted molar refractivity (Wildman–Crippen MR) is 155 cm³/mol. The van der Waals surface area contributed by atoms with Gasteiger partial charge in [0.2, 0.25) is 0 Å². The van der Waals surface area contributed by atoms with E-state index in [0.29, 0.717) is 11.8 Å². The maximum absolute atomic E-state index is 11.4. The third kappa shape index (κ3) is 9.73. The molecule has 3 aromatic carbocycles. The number of nitrogens with zero attached hydrogens (tertiary/aromatic N) is 1. The van der Waals surface area contributed by atoms with E-state index in [1.807, 2.05) is 43.4 Å². The number of carbonyl (C=O) groups is 2. The Morgan fingerprint density at radius 3 is 2.24 bits per heavy atom. The van der Waals surface area contributed by atoms with E-state index in [0.717, 1.165) is 41.2 Å². The fourth-order valence-corrected chi connectivity index (χ4v) is 3.99. The number of hydrogen-bond donors (Lipinski definition) is 3. The summed E-state index contributed by atoms with van der Waals surface area (Å²) >= 11 is 0. The average Bonchev–Trinajstić information content (AvgIpc) is 3.44. The summed E-state index contributed by atoms with van der Waals surface area (Å²) < 4.78 is 0. The van der Waals surface area contributed by atoms with Crippen LogP contribution in [-0.4, -0.2) is 55.3 Å². The maximum atomic E-state index is 11.4. The van der Waals surface area contributed by atoms with Gasteiger partial charge < -0.3 is 20.6 Å². The van der Waals surface area contributed by atoms with Gasteiger partial charge in [0.1, 0.15) is 5.75 Å². The van der Waals surface area contributed by atoms with Crippen LogP contribution in [0, 0.1) is 0 Å². The van der Waals surface area contributed by atoms with Gasteiger partial charge in [-0.1, -0.05) is 56.7 Å². The van der Waals surface area contributed by atoms with Gasteiger partial charge in [-0.05, 0) is 74.3 Å². The zero-order chi connectivity index (χ0) is 27.0. The molecule has 0 spiro atoms. The lowest BCUT2D eigenvalue weighted by Gasteiger charge is -2.15. The number of carbonyl (C=O) groups excluding carboxylic acids is 2. The van der Waals surface area contributed by atoms with Crippen LogP contribution >= 0.6 is 0 Å². The predicted octanol–water partition coefficient (Wildman–Crippen LogP) is 6.73. The Morgan fingerprint density at radius 2 is 1.65 bits per heavy atom. The lowest BCUT2D eigenvalue weighted by Crippen LogP contribution is -2.25. The van der Waals surface area contributed by atoms with Crippen molar-refractivity contribution in [2.75, 3.05) is 43.9 Å². The highest BCUT2D eigenvalue weighted by atomic mass is 16.3. The first-order chi connectivity index (χ1) is 17.9. The van der Waals surface area contributed by atoms with E-state index >= 15 is 0 Å². The Labute approximate surface area is 221 Å². The number of Topliss-reactive ketones (excluding diaryl/α,β-unsaturated/α-hetero) is 1. The zero-order valence-corrected chi connectivity index (χ0v) is 22.6. The van der Waals surface area contributed by atoms with Gasteiger partial charge in [-0.3, -0.25) is 9.59 Å². The van der Waals surface area contributed by atoms with Gasteiger partial charge in [0, 0.05) is 37.1 Å². The van der Waals surface area contributed by atoms with E-state index in [-0.39, 0.29) is 11.5 Å². The van der Waals surface area contributed by atoms with Crippen molar-refractivity contribution in [2.24, 2.45) is 0 Å². The van der Waals surface area contributed by atoms with Gasteiger partial charge >= 0.3 is 0 Å². The lowest BCUT2D eigenvalue weighted by atomic mass is 10.0. The molecule has 0 unspecified atom stereocenters. The molecule has 37 heavy (non-hydrogen) atoms. The summed E-state index contributed by atoms with van der Waals surface area (Å²) in [6.07, 6.45) is 4.52. The number of anilines is 2. The van der Waals surface area contributed by atoms with E-state index in [4.69, 9.17) is 0 Å². The Bertz CT molecular complexity index is 1110. The number of aldehydes is 1. The highest BCUT2D eigenvalue weighted by Gasteiger charge is 2.10. The summed E-state index contributed by atoms with van der Waals surface area (Å²) in [5.41, 5.74) is 5.07. The molecule has 6 nitrogen and oxygen atoms in total. The Morgan fingerprint density at radius 1 is 0.973 bits per heavy atom. The topological polar surface area (TPSA) is 81.7 Å². The molecular weight excluding hydrogens is 462 g/mol. The van der Waals surface area contributed by atoms with Crippen LogP contribution < -0.4 is 10.6 Å². The lowest BCUT2D eigenvalue weighted by molar-refractivity contribution is 0.101. The summed E-state index contributed by atoms with van der Waals surface area (Å²) in [5.74, 6) is 0.110. The van der Waals surface area contributed by atoms with Crippen LogP contribution in [-0.2, 0) is 0 Å². The van der Waals surface area contributed by atoms with Crippen LogP contribution in [0.25, 0.3) is 11.1 Å². The maximum Gasteiger partial charge on any atom is 0.161 e. The first kappa shape index (κ1) is 29.6. The average molecular weight is 504 g/mol. The van der Waals surface area contributed by atoms with Crippen molar-refractivity contribution in [1.29, 1.82) is 0 Å². The highest BCUT2D eigenvalue weighted by Crippen LogP contribution is 2.25. The second-order valence-electron chi connectivity index (χ2n) is 9.01. The molecule has 0 amide bonds.